The Morgan fingerprint density at radius 2 is 1.86 bits per heavy atom. The number of halogens is 1. The van der Waals surface area contributed by atoms with Gasteiger partial charge in [0.05, 0.1) is 16.8 Å². The molecule has 0 saturated carbocycles. The third-order valence-corrected chi connectivity index (χ3v) is 3.92. The van der Waals surface area contributed by atoms with Crippen molar-refractivity contribution < 1.29 is 4.79 Å². The van der Waals surface area contributed by atoms with Gasteiger partial charge in [-0.2, -0.15) is 0 Å². The van der Waals surface area contributed by atoms with E-state index >= 15 is 0 Å². The summed E-state index contributed by atoms with van der Waals surface area (Å²) in [5, 5.41) is 3.94. The average molecular weight is 341 g/mol. The first-order valence-corrected chi connectivity index (χ1v) is 7.37. The van der Waals surface area contributed by atoms with E-state index in [1.807, 2.05) is 55.5 Å². The summed E-state index contributed by atoms with van der Waals surface area (Å²) in [6, 6.07) is 17.1. The maximum absolute atomic E-state index is 12.4. The van der Waals surface area contributed by atoms with Crippen LogP contribution in [0.4, 0.5) is 5.69 Å². The topological polar surface area (TPSA) is 42.0 Å². The average Bonchev–Trinajstić information content (AvgIpc) is 2.48. The number of amides is 1. The fraction of sp³-hybridized carbons (Fsp3) is 0.0588. The van der Waals surface area contributed by atoms with E-state index in [1.54, 1.807) is 6.07 Å². The van der Waals surface area contributed by atoms with Crippen LogP contribution in [0.1, 0.15) is 16.1 Å². The highest BCUT2D eigenvalue weighted by atomic mass is 79.9. The molecule has 1 amide bonds. The minimum atomic E-state index is -0.154. The van der Waals surface area contributed by atoms with Gasteiger partial charge in [0.25, 0.3) is 5.91 Å². The number of aryl methyl sites for hydroxylation is 1. The monoisotopic (exact) mass is 340 g/mol. The standard InChI is InChI=1S/C17H13BrN2O/c1-11-9-10-12-5-4-8-15(16(12)19-11)20-17(21)13-6-2-3-7-14(13)18/h2-10H,1H3,(H,20,21). The van der Waals surface area contributed by atoms with Crippen molar-refractivity contribution in [1.82, 2.24) is 4.98 Å². The largest absolute Gasteiger partial charge is 0.320 e. The molecule has 0 aliphatic heterocycles. The van der Waals surface area contributed by atoms with Crippen molar-refractivity contribution in [2.75, 3.05) is 5.32 Å². The molecule has 4 heteroatoms. The molecule has 3 nitrogen and oxygen atoms in total. The third-order valence-electron chi connectivity index (χ3n) is 3.23. The van der Waals surface area contributed by atoms with Crippen LogP contribution in [0.3, 0.4) is 0 Å². The number of pyridine rings is 1. The van der Waals surface area contributed by atoms with E-state index in [1.165, 1.54) is 0 Å². The molecule has 3 rings (SSSR count). The summed E-state index contributed by atoms with van der Waals surface area (Å²) in [4.78, 5) is 16.9. The fourth-order valence-electron chi connectivity index (χ4n) is 2.18. The number of hydrogen-bond acceptors (Lipinski definition) is 2. The molecule has 1 aromatic heterocycles. The zero-order chi connectivity index (χ0) is 14.8. The lowest BCUT2D eigenvalue weighted by Gasteiger charge is -2.09. The number of nitrogens with zero attached hydrogens (tertiary/aromatic N) is 1. The Morgan fingerprint density at radius 1 is 1.05 bits per heavy atom. The van der Waals surface area contributed by atoms with Crippen LogP contribution in [0.25, 0.3) is 10.9 Å². The molecular formula is C17H13BrN2O. The molecule has 104 valence electrons. The number of hydrogen-bond donors (Lipinski definition) is 1. The van der Waals surface area contributed by atoms with E-state index < -0.39 is 0 Å². The third kappa shape index (κ3) is 2.81. The van der Waals surface area contributed by atoms with Crippen molar-refractivity contribution in [2.24, 2.45) is 0 Å². The molecule has 0 fully saturated rings. The van der Waals surface area contributed by atoms with Gasteiger partial charge in [-0.1, -0.05) is 30.3 Å². The molecule has 0 spiro atoms. The predicted octanol–water partition coefficient (Wildman–Crippen LogP) is 4.56. The lowest BCUT2D eigenvalue weighted by molar-refractivity contribution is 0.102. The first kappa shape index (κ1) is 13.8. The second-order valence-electron chi connectivity index (χ2n) is 4.76. The lowest BCUT2D eigenvalue weighted by atomic mass is 10.1. The van der Waals surface area contributed by atoms with Crippen LogP contribution in [0, 0.1) is 6.92 Å². The normalized spacial score (nSPS) is 10.6. The van der Waals surface area contributed by atoms with Crippen LogP contribution in [-0.2, 0) is 0 Å². The minimum Gasteiger partial charge on any atom is -0.320 e. The first-order valence-electron chi connectivity index (χ1n) is 6.57. The lowest BCUT2D eigenvalue weighted by Crippen LogP contribution is -2.13. The van der Waals surface area contributed by atoms with Crippen molar-refractivity contribution in [3.05, 3.63) is 70.3 Å². The highest BCUT2D eigenvalue weighted by molar-refractivity contribution is 9.10. The molecule has 0 atom stereocenters. The summed E-state index contributed by atoms with van der Waals surface area (Å²) in [6.45, 7) is 1.94. The number of nitrogens with one attached hydrogen (secondary N) is 1. The zero-order valence-electron chi connectivity index (χ0n) is 11.4. The Labute approximate surface area is 131 Å². The molecule has 1 heterocycles. The van der Waals surface area contributed by atoms with Gasteiger partial charge in [0.1, 0.15) is 0 Å². The van der Waals surface area contributed by atoms with Crippen LogP contribution < -0.4 is 5.32 Å². The second kappa shape index (κ2) is 5.66. The SMILES string of the molecule is Cc1ccc2cccc(NC(=O)c3ccccc3Br)c2n1. The van der Waals surface area contributed by atoms with Crippen LogP contribution in [0.5, 0.6) is 0 Å². The van der Waals surface area contributed by atoms with Gasteiger partial charge in [-0.15, -0.1) is 0 Å². The van der Waals surface area contributed by atoms with Crippen LogP contribution in [0.2, 0.25) is 0 Å². The van der Waals surface area contributed by atoms with Gasteiger partial charge in [0.2, 0.25) is 0 Å². The van der Waals surface area contributed by atoms with Crippen molar-refractivity contribution in [2.45, 2.75) is 6.92 Å². The summed E-state index contributed by atoms with van der Waals surface area (Å²) in [6.07, 6.45) is 0. The van der Waals surface area contributed by atoms with Crippen LogP contribution in [-0.4, -0.2) is 10.9 Å². The van der Waals surface area contributed by atoms with Crippen molar-refractivity contribution in [3.8, 4) is 0 Å². The number of anilines is 1. The number of aromatic nitrogens is 1. The Hall–Kier alpha value is -2.20. The van der Waals surface area contributed by atoms with E-state index in [-0.39, 0.29) is 5.91 Å². The summed E-state index contributed by atoms with van der Waals surface area (Å²) in [5.41, 5.74) is 3.04. The smallest absolute Gasteiger partial charge is 0.256 e. The summed E-state index contributed by atoms with van der Waals surface area (Å²) in [5.74, 6) is -0.154. The summed E-state index contributed by atoms with van der Waals surface area (Å²) in [7, 11) is 0. The number of para-hydroxylation sites is 1. The molecule has 1 N–H and O–H groups in total. The van der Waals surface area contributed by atoms with E-state index in [9.17, 15) is 4.79 Å². The number of carbonyl (C=O) groups excluding carboxylic acids is 1. The Bertz CT molecular complexity index is 830. The highest BCUT2D eigenvalue weighted by Gasteiger charge is 2.11. The highest BCUT2D eigenvalue weighted by Crippen LogP contribution is 2.23. The van der Waals surface area contributed by atoms with Crippen LogP contribution in [0.15, 0.2) is 59.1 Å². The molecule has 3 aromatic rings. The predicted molar refractivity (Wildman–Crippen MR) is 88.6 cm³/mol. The number of carbonyl (C=O) groups is 1. The summed E-state index contributed by atoms with van der Waals surface area (Å²) < 4.78 is 0.770. The van der Waals surface area contributed by atoms with Crippen molar-refractivity contribution >= 4 is 38.4 Å². The second-order valence-corrected chi connectivity index (χ2v) is 5.62. The Balaban J connectivity index is 2.00. The van der Waals surface area contributed by atoms with E-state index in [0.29, 0.717) is 5.56 Å². The van der Waals surface area contributed by atoms with Crippen molar-refractivity contribution in [3.63, 3.8) is 0 Å². The van der Waals surface area contributed by atoms with Gasteiger partial charge in [-0.3, -0.25) is 9.78 Å². The van der Waals surface area contributed by atoms with E-state index in [2.05, 4.69) is 26.2 Å². The molecule has 0 radical (unpaired) electrons. The Kier molecular flexibility index (Phi) is 3.71. The molecule has 0 aliphatic rings. The first-order chi connectivity index (χ1) is 10.1. The number of rotatable bonds is 2. The van der Waals surface area contributed by atoms with Gasteiger partial charge < -0.3 is 5.32 Å². The zero-order valence-corrected chi connectivity index (χ0v) is 13.0. The molecule has 0 aliphatic carbocycles. The number of benzene rings is 2. The van der Waals surface area contributed by atoms with E-state index in [4.69, 9.17) is 0 Å². The van der Waals surface area contributed by atoms with Crippen LogP contribution >= 0.6 is 15.9 Å². The maximum atomic E-state index is 12.4. The molecule has 0 saturated heterocycles. The maximum Gasteiger partial charge on any atom is 0.256 e. The van der Waals surface area contributed by atoms with Gasteiger partial charge in [-0.25, -0.2) is 0 Å². The quantitative estimate of drug-likeness (QED) is 0.743. The molecule has 0 bridgehead atoms. The minimum absolute atomic E-state index is 0.154. The van der Waals surface area contributed by atoms with Gasteiger partial charge in [-0.05, 0) is 47.1 Å². The van der Waals surface area contributed by atoms with Crippen molar-refractivity contribution in [1.29, 1.82) is 0 Å². The Morgan fingerprint density at radius 3 is 2.67 bits per heavy atom. The summed E-state index contributed by atoms with van der Waals surface area (Å²) >= 11 is 3.40. The van der Waals surface area contributed by atoms with Gasteiger partial charge in [0, 0.05) is 15.6 Å². The number of fused-ring (bicyclic) bond motifs is 1. The van der Waals surface area contributed by atoms with Gasteiger partial charge in [0.15, 0.2) is 0 Å². The molecule has 0 unspecified atom stereocenters. The molecule has 21 heavy (non-hydrogen) atoms. The fourth-order valence-corrected chi connectivity index (χ4v) is 2.65. The van der Waals surface area contributed by atoms with E-state index in [0.717, 1.165) is 26.8 Å². The molecular weight excluding hydrogens is 328 g/mol. The molecule has 2 aromatic carbocycles. The van der Waals surface area contributed by atoms with Gasteiger partial charge >= 0.3 is 0 Å².